The first kappa shape index (κ1) is 25.9. The van der Waals surface area contributed by atoms with Gasteiger partial charge < -0.3 is 10.6 Å². The minimum atomic E-state index is -2.74. The molecule has 3 fully saturated rings. The molecule has 3 saturated carbocycles. The molecule has 37 heavy (non-hydrogen) atoms. The number of halogens is 4. The summed E-state index contributed by atoms with van der Waals surface area (Å²) in [7, 11) is 0. The highest BCUT2D eigenvalue weighted by atomic mass is 19.3. The van der Waals surface area contributed by atoms with Gasteiger partial charge in [0, 0.05) is 31.1 Å². The Labute approximate surface area is 212 Å². The zero-order valence-corrected chi connectivity index (χ0v) is 20.8. The van der Waals surface area contributed by atoms with Crippen LogP contribution in [-0.4, -0.2) is 38.8 Å². The third-order valence-corrected chi connectivity index (χ3v) is 7.96. The van der Waals surface area contributed by atoms with Gasteiger partial charge in [-0.1, -0.05) is 6.92 Å². The van der Waals surface area contributed by atoms with Crippen LogP contribution in [0.4, 0.5) is 17.6 Å². The highest BCUT2D eigenvalue weighted by molar-refractivity contribution is 5.82. The van der Waals surface area contributed by atoms with Crippen molar-refractivity contribution in [2.45, 2.75) is 89.1 Å². The Balaban J connectivity index is 1.39. The van der Waals surface area contributed by atoms with E-state index in [0.717, 1.165) is 24.8 Å². The highest BCUT2D eigenvalue weighted by Gasteiger charge is 2.50. The monoisotopic (exact) mass is 523 g/mol. The number of amides is 2. The molecule has 0 bridgehead atoms. The smallest absolute Gasteiger partial charge is 0.248 e. The molecule has 4 atom stereocenters. The molecule has 202 valence electrons. The Bertz CT molecular complexity index is 1140. The van der Waals surface area contributed by atoms with Crippen LogP contribution >= 0.6 is 0 Å². The van der Waals surface area contributed by atoms with Crippen molar-refractivity contribution in [2.24, 2.45) is 23.7 Å². The lowest BCUT2D eigenvalue weighted by atomic mass is 9.81. The third-order valence-electron chi connectivity index (χ3n) is 7.96. The Kier molecular flexibility index (Phi) is 7.15. The first-order valence-corrected chi connectivity index (χ1v) is 13.3. The van der Waals surface area contributed by atoms with Crippen LogP contribution in [0.1, 0.15) is 88.1 Å². The summed E-state index contributed by atoms with van der Waals surface area (Å²) in [6.45, 7) is 1.95. The number of fused-ring (bicyclic) bond motifs is 1. The summed E-state index contributed by atoms with van der Waals surface area (Å²) in [6, 6.07) is 1.03. The van der Waals surface area contributed by atoms with E-state index in [1.807, 2.05) is 13.0 Å². The normalized spacial score (nSPS) is 25.1. The Morgan fingerprint density at radius 1 is 1.11 bits per heavy atom. The van der Waals surface area contributed by atoms with Gasteiger partial charge in [-0.05, 0) is 62.0 Å². The Morgan fingerprint density at radius 2 is 1.81 bits per heavy atom. The van der Waals surface area contributed by atoms with Crippen LogP contribution in [0.15, 0.2) is 18.5 Å². The molecule has 0 saturated heterocycles. The fourth-order valence-corrected chi connectivity index (χ4v) is 5.49. The Morgan fingerprint density at radius 3 is 2.43 bits per heavy atom. The van der Waals surface area contributed by atoms with Crippen molar-refractivity contribution in [3.8, 4) is 0 Å². The van der Waals surface area contributed by atoms with E-state index in [1.165, 1.54) is 0 Å². The average Bonchev–Trinajstić information content (AvgIpc) is 3.77. The van der Waals surface area contributed by atoms with E-state index in [9.17, 15) is 27.2 Å². The van der Waals surface area contributed by atoms with E-state index in [4.69, 9.17) is 0 Å². The van der Waals surface area contributed by atoms with Gasteiger partial charge in [-0.25, -0.2) is 27.1 Å². The predicted octanol–water partition coefficient (Wildman–Crippen LogP) is 4.98. The summed E-state index contributed by atoms with van der Waals surface area (Å²) >= 11 is 0. The van der Waals surface area contributed by atoms with E-state index in [2.05, 4.69) is 20.7 Å². The van der Waals surface area contributed by atoms with Crippen LogP contribution in [0, 0.1) is 23.7 Å². The van der Waals surface area contributed by atoms with Gasteiger partial charge in [-0.3, -0.25) is 9.59 Å². The molecule has 11 heteroatoms. The van der Waals surface area contributed by atoms with Crippen LogP contribution in [-0.2, 0) is 9.59 Å². The molecule has 0 radical (unpaired) electrons. The maximum Gasteiger partial charge on any atom is 0.248 e. The number of rotatable bonds is 10. The number of carbonyl (C=O) groups excluding carboxylic acids is 2. The molecule has 0 unspecified atom stereocenters. The molecule has 2 N–H and O–H groups in total. The molecular formula is C26H33F4N5O2. The second-order valence-corrected chi connectivity index (χ2v) is 10.9. The molecule has 0 spiro atoms. The fraction of sp³-hybridized carbons (Fsp3) is 0.692. The minimum Gasteiger partial charge on any atom is -0.349 e. The summed E-state index contributed by atoms with van der Waals surface area (Å²) in [5.74, 6) is -4.89. The van der Waals surface area contributed by atoms with Crippen LogP contribution in [0.2, 0.25) is 0 Å². The van der Waals surface area contributed by atoms with E-state index in [-0.39, 0.29) is 50.0 Å². The molecule has 5 rings (SSSR count). The number of imidazole rings is 1. The van der Waals surface area contributed by atoms with Crippen molar-refractivity contribution < 1.29 is 27.2 Å². The van der Waals surface area contributed by atoms with Gasteiger partial charge in [0.2, 0.25) is 24.2 Å². The molecule has 7 nitrogen and oxygen atoms in total. The third kappa shape index (κ3) is 5.90. The molecular weight excluding hydrogens is 490 g/mol. The van der Waals surface area contributed by atoms with Crippen LogP contribution < -0.4 is 10.6 Å². The molecule has 3 aliphatic carbocycles. The quantitative estimate of drug-likeness (QED) is 0.430. The molecule has 2 aromatic rings. The summed E-state index contributed by atoms with van der Waals surface area (Å²) in [4.78, 5) is 29.7. The number of nitrogens with zero attached hydrogens (tertiary/aromatic N) is 3. The molecule has 2 aromatic heterocycles. The van der Waals surface area contributed by atoms with Crippen molar-refractivity contribution in [1.29, 1.82) is 0 Å². The van der Waals surface area contributed by atoms with Crippen LogP contribution in [0.25, 0.3) is 5.65 Å². The second kappa shape index (κ2) is 10.2. The first-order chi connectivity index (χ1) is 17.6. The number of aromatic nitrogens is 3. The molecule has 2 heterocycles. The van der Waals surface area contributed by atoms with Crippen molar-refractivity contribution in [3.63, 3.8) is 0 Å². The topological polar surface area (TPSA) is 88.4 Å². The lowest BCUT2D eigenvalue weighted by Gasteiger charge is -2.33. The lowest BCUT2D eigenvalue weighted by molar-refractivity contribution is -0.125. The number of hydrogen-bond acceptors (Lipinski definition) is 4. The summed E-state index contributed by atoms with van der Waals surface area (Å²) in [5.41, 5.74) is 1.83. The highest BCUT2D eigenvalue weighted by Crippen LogP contribution is 2.46. The van der Waals surface area contributed by atoms with Crippen molar-refractivity contribution >= 4 is 17.5 Å². The van der Waals surface area contributed by atoms with Crippen molar-refractivity contribution in [3.05, 3.63) is 29.7 Å². The van der Waals surface area contributed by atoms with E-state index in [1.54, 1.807) is 16.9 Å². The van der Waals surface area contributed by atoms with Crippen LogP contribution in [0.5, 0.6) is 0 Å². The van der Waals surface area contributed by atoms with Gasteiger partial charge in [-0.15, -0.1) is 0 Å². The van der Waals surface area contributed by atoms with E-state index in [0.29, 0.717) is 23.7 Å². The maximum atomic E-state index is 13.9. The average molecular weight is 524 g/mol. The zero-order valence-electron chi connectivity index (χ0n) is 20.8. The van der Waals surface area contributed by atoms with Gasteiger partial charge >= 0.3 is 0 Å². The number of carbonyl (C=O) groups is 2. The number of alkyl halides is 4. The number of hydrogen-bond donors (Lipinski definition) is 2. The lowest BCUT2D eigenvalue weighted by Crippen LogP contribution is -2.38. The Hall–Kier alpha value is -2.72. The van der Waals surface area contributed by atoms with E-state index >= 15 is 0 Å². The van der Waals surface area contributed by atoms with Crippen molar-refractivity contribution in [2.75, 3.05) is 0 Å². The predicted molar refractivity (Wildman–Crippen MR) is 127 cm³/mol. The van der Waals surface area contributed by atoms with Gasteiger partial charge in [-0.2, -0.15) is 5.10 Å². The van der Waals surface area contributed by atoms with Gasteiger partial charge in [0.1, 0.15) is 0 Å². The maximum absolute atomic E-state index is 13.9. The fourth-order valence-electron chi connectivity index (χ4n) is 5.49. The molecule has 2 amide bonds. The number of nitrogens with one attached hydrogen (secondary N) is 2. The SMILES string of the molecule is CCCC(=O)N[C@@H](c1cnn2cc([C@@H](NC(=O)[C@H]3C[C@@H]3C(F)F)C3CCC(F)(F)CC3)nc2c1)C1CC1. The van der Waals surface area contributed by atoms with Crippen molar-refractivity contribution in [1.82, 2.24) is 25.2 Å². The van der Waals surface area contributed by atoms with Gasteiger partial charge in [0.25, 0.3) is 0 Å². The largest absolute Gasteiger partial charge is 0.349 e. The molecule has 0 aliphatic heterocycles. The van der Waals surface area contributed by atoms with Gasteiger partial charge in [0.15, 0.2) is 5.65 Å². The van der Waals surface area contributed by atoms with Crippen LogP contribution in [0.3, 0.4) is 0 Å². The second-order valence-electron chi connectivity index (χ2n) is 10.9. The first-order valence-electron chi connectivity index (χ1n) is 13.3. The summed E-state index contributed by atoms with van der Waals surface area (Å²) in [5, 5.41) is 10.4. The van der Waals surface area contributed by atoms with Gasteiger partial charge in [0.05, 0.1) is 30.2 Å². The zero-order chi connectivity index (χ0) is 26.3. The standard InChI is InChI=1S/C26H33F4N5O2/c1-2-3-21(36)33-22(14-4-5-14)16-10-20-32-19(13-35(20)31-12-16)23(15-6-8-26(29,30)9-7-15)34-25(37)18-11-17(18)24(27)28/h10,12-15,17-18,22-24H,2-9,11H2,1H3,(H,33,36)(H,34,37)/t17-,18-,22+,23-/m0/s1. The summed E-state index contributed by atoms with van der Waals surface area (Å²) < 4.78 is 55.3. The molecule has 3 aliphatic rings. The minimum absolute atomic E-state index is 0.0117. The molecule has 0 aromatic carbocycles. The summed E-state index contributed by atoms with van der Waals surface area (Å²) in [6.07, 6.45) is 3.97. The van der Waals surface area contributed by atoms with E-state index < -0.39 is 36.1 Å².